The fourth-order valence-electron chi connectivity index (χ4n) is 4.15. The molecule has 0 saturated carbocycles. The lowest BCUT2D eigenvalue weighted by atomic mass is 10.0. The molecule has 0 radical (unpaired) electrons. The molecule has 2 aromatic rings. The number of alkyl halides is 3. The monoisotopic (exact) mass is 465 g/mol. The lowest BCUT2D eigenvalue weighted by Gasteiger charge is -2.39. The van der Waals surface area contributed by atoms with E-state index in [4.69, 9.17) is 0 Å². The van der Waals surface area contributed by atoms with E-state index in [1.54, 1.807) is 4.90 Å². The van der Waals surface area contributed by atoms with Gasteiger partial charge in [-0.1, -0.05) is 50.6 Å². The number of benzene rings is 2. The van der Waals surface area contributed by atoms with Crippen LogP contribution in [0.3, 0.4) is 0 Å². The summed E-state index contributed by atoms with van der Waals surface area (Å²) in [5.41, 5.74) is -0.421. The first kappa shape index (κ1) is 25.0. The summed E-state index contributed by atoms with van der Waals surface area (Å²) in [6, 6.07) is 10.9. The number of carbonyl (C=O) groups excluding carboxylic acids is 1. The molecule has 1 atom stereocenters. The molecule has 1 aliphatic heterocycles. The molecule has 180 valence electrons. The van der Waals surface area contributed by atoms with Crippen LogP contribution < -0.4 is 5.32 Å². The summed E-state index contributed by atoms with van der Waals surface area (Å²) in [6.45, 7) is 7.43. The molecule has 8 heteroatoms. The highest BCUT2D eigenvalue weighted by Crippen LogP contribution is 2.32. The Morgan fingerprint density at radius 2 is 1.82 bits per heavy atom. The van der Waals surface area contributed by atoms with E-state index in [1.165, 1.54) is 0 Å². The number of rotatable bonds is 7. The molecule has 2 aromatic carbocycles. The molecule has 0 aliphatic carbocycles. The summed E-state index contributed by atoms with van der Waals surface area (Å²) >= 11 is 0. The fraction of sp³-hybridized carbons (Fsp3) is 0.480. The van der Waals surface area contributed by atoms with E-state index in [9.17, 15) is 22.4 Å². The smallest absolute Gasteiger partial charge is 0.317 e. The lowest BCUT2D eigenvalue weighted by Crippen LogP contribution is -2.49. The third-order valence-corrected chi connectivity index (χ3v) is 6.20. The van der Waals surface area contributed by atoms with Gasteiger partial charge in [-0.2, -0.15) is 13.2 Å². The van der Waals surface area contributed by atoms with Crippen LogP contribution in [0.2, 0.25) is 0 Å². The fourth-order valence-corrected chi connectivity index (χ4v) is 4.15. The number of carbonyl (C=O) groups is 1. The molecule has 1 fully saturated rings. The number of amides is 2. The zero-order valence-electron chi connectivity index (χ0n) is 19.0. The van der Waals surface area contributed by atoms with E-state index in [-0.39, 0.29) is 11.7 Å². The van der Waals surface area contributed by atoms with Crippen molar-refractivity contribution in [3.05, 3.63) is 65.5 Å². The highest BCUT2D eigenvalue weighted by Gasteiger charge is 2.32. The Hall–Kier alpha value is -2.61. The van der Waals surface area contributed by atoms with Crippen molar-refractivity contribution in [2.24, 2.45) is 5.92 Å². The van der Waals surface area contributed by atoms with Crippen LogP contribution in [0.25, 0.3) is 0 Å². The maximum absolute atomic E-state index is 13.8. The van der Waals surface area contributed by atoms with Crippen LogP contribution in [0.4, 0.5) is 28.0 Å². The molecule has 1 heterocycles. The van der Waals surface area contributed by atoms with Crippen molar-refractivity contribution in [2.75, 3.05) is 25.0 Å². The third-order valence-electron chi connectivity index (χ3n) is 6.20. The first-order valence-corrected chi connectivity index (χ1v) is 11.4. The second-order valence-corrected chi connectivity index (χ2v) is 8.82. The van der Waals surface area contributed by atoms with Gasteiger partial charge in [-0.05, 0) is 42.5 Å². The van der Waals surface area contributed by atoms with Crippen LogP contribution in [-0.4, -0.2) is 41.5 Å². The average molecular weight is 466 g/mol. The van der Waals surface area contributed by atoms with Gasteiger partial charge in [0.1, 0.15) is 5.82 Å². The minimum absolute atomic E-state index is 0.0611. The largest absolute Gasteiger partial charge is 0.416 e. The van der Waals surface area contributed by atoms with Crippen molar-refractivity contribution in [1.29, 1.82) is 0 Å². The Labute approximate surface area is 192 Å². The number of nitrogens with zero attached hydrogens (tertiary/aromatic N) is 2. The summed E-state index contributed by atoms with van der Waals surface area (Å²) in [4.78, 5) is 17.2. The van der Waals surface area contributed by atoms with E-state index in [1.807, 2.05) is 30.3 Å². The van der Waals surface area contributed by atoms with Gasteiger partial charge in [0.15, 0.2) is 0 Å². The minimum atomic E-state index is -4.70. The average Bonchev–Trinajstić information content (AvgIpc) is 2.77. The van der Waals surface area contributed by atoms with Gasteiger partial charge in [0.25, 0.3) is 0 Å². The second-order valence-electron chi connectivity index (χ2n) is 8.82. The maximum atomic E-state index is 13.8. The maximum Gasteiger partial charge on any atom is 0.416 e. The van der Waals surface area contributed by atoms with Gasteiger partial charge in [-0.15, -0.1) is 0 Å². The highest BCUT2D eigenvalue weighted by atomic mass is 19.4. The van der Waals surface area contributed by atoms with Gasteiger partial charge < -0.3 is 15.1 Å². The van der Waals surface area contributed by atoms with Crippen LogP contribution >= 0.6 is 0 Å². The molecule has 0 spiro atoms. The Bertz CT molecular complexity index is 912. The molecule has 4 nitrogen and oxygen atoms in total. The van der Waals surface area contributed by atoms with Crippen LogP contribution in [0.5, 0.6) is 0 Å². The Morgan fingerprint density at radius 1 is 1.15 bits per heavy atom. The van der Waals surface area contributed by atoms with E-state index >= 15 is 0 Å². The number of anilines is 1. The first-order chi connectivity index (χ1) is 15.7. The van der Waals surface area contributed by atoms with Crippen molar-refractivity contribution in [1.82, 2.24) is 9.80 Å². The minimum Gasteiger partial charge on any atom is -0.317 e. The zero-order chi connectivity index (χ0) is 24.0. The van der Waals surface area contributed by atoms with E-state index < -0.39 is 23.6 Å². The summed E-state index contributed by atoms with van der Waals surface area (Å²) in [5.74, 6) is -0.450. The van der Waals surface area contributed by atoms with Gasteiger partial charge >= 0.3 is 12.2 Å². The van der Waals surface area contributed by atoms with Crippen molar-refractivity contribution in [2.45, 2.75) is 51.9 Å². The van der Waals surface area contributed by atoms with Crippen LogP contribution in [-0.2, 0) is 12.7 Å². The highest BCUT2D eigenvalue weighted by molar-refractivity contribution is 5.89. The summed E-state index contributed by atoms with van der Waals surface area (Å²) < 4.78 is 53.1. The van der Waals surface area contributed by atoms with Gasteiger partial charge in [0.05, 0.1) is 5.56 Å². The first-order valence-electron chi connectivity index (χ1n) is 11.4. The van der Waals surface area contributed by atoms with Gasteiger partial charge in [0.2, 0.25) is 0 Å². The van der Waals surface area contributed by atoms with Gasteiger partial charge in [0, 0.05) is 37.9 Å². The lowest BCUT2D eigenvalue weighted by molar-refractivity contribution is -0.137. The Kier molecular flexibility index (Phi) is 8.35. The molecule has 1 aliphatic rings. The van der Waals surface area contributed by atoms with Crippen LogP contribution in [0.15, 0.2) is 48.5 Å². The summed E-state index contributed by atoms with van der Waals surface area (Å²) in [5, 5.41) is 2.50. The van der Waals surface area contributed by atoms with Gasteiger partial charge in [-0.25, -0.2) is 9.18 Å². The van der Waals surface area contributed by atoms with Crippen molar-refractivity contribution >= 4 is 11.7 Å². The van der Waals surface area contributed by atoms with E-state index in [0.717, 1.165) is 56.6 Å². The molecule has 0 bridgehead atoms. The molecule has 1 saturated heterocycles. The molecular formula is C25H31F4N3O. The topological polar surface area (TPSA) is 35.6 Å². The normalized spacial score (nSPS) is 16.4. The predicted molar refractivity (Wildman–Crippen MR) is 121 cm³/mol. The summed E-state index contributed by atoms with van der Waals surface area (Å²) in [7, 11) is 0. The number of nitrogens with one attached hydrogen (secondary N) is 1. The number of halogens is 4. The molecular weight excluding hydrogens is 434 g/mol. The quantitative estimate of drug-likeness (QED) is 0.481. The second kappa shape index (κ2) is 11.0. The standard InChI is InChI=1S/C25H31F4N3O/c1-3-18(2)16-31-11-9-23(10-12-31)32(17-19-7-5-4-6-8-19)24(33)30-22-14-20(25(27,28)29)13-21(26)15-22/h4-8,13-15,18,23H,3,9-12,16-17H2,1-2H3,(H,30,33). The number of likely N-dealkylation sites (tertiary alicyclic amines) is 1. The number of hydrogen-bond donors (Lipinski definition) is 1. The van der Waals surface area contributed by atoms with E-state index in [2.05, 4.69) is 24.1 Å². The SMILES string of the molecule is CCC(C)CN1CCC(N(Cc2ccccc2)C(=O)Nc2cc(F)cc(C(F)(F)F)c2)CC1. The van der Waals surface area contributed by atoms with Crippen molar-refractivity contribution < 1.29 is 22.4 Å². The van der Waals surface area contributed by atoms with Crippen LogP contribution in [0.1, 0.15) is 44.2 Å². The number of urea groups is 1. The Balaban J connectivity index is 1.76. The molecule has 2 amide bonds. The third kappa shape index (κ3) is 7.19. The number of piperidine rings is 1. The molecule has 1 unspecified atom stereocenters. The number of hydrogen-bond acceptors (Lipinski definition) is 2. The van der Waals surface area contributed by atoms with Crippen molar-refractivity contribution in [3.8, 4) is 0 Å². The molecule has 0 aromatic heterocycles. The molecule has 3 rings (SSSR count). The predicted octanol–water partition coefficient (Wildman–Crippen LogP) is 6.39. The van der Waals surface area contributed by atoms with Crippen LogP contribution in [0, 0.1) is 11.7 Å². The zero-order valence-corrected chi connectivity index (χ0v) is 19.0. The van der Waals surface area contributed by atoms with E-state index in [0.29, 0.717) is 18.5 Å². The summed E-state index contributed by atoms with van der Waals surface area (Å²) in [6.07, 6.45) is -2.05. The Morgan fingerprint density at radius 3 is 2.42 bits per heavy atom. The molecule has 1 N–H and O–H groups in total. The van der Waals surface area contributed by atoms with Gasteiger partial charge in [-0.3, -0.25) is 0 Å². The molecule has 33 heavy (non-hydrogen) atoms. The van der Waals surface area contributed by atoms with Crippen molar-refractivity contribution in [3.63, 3.8) is 0 Å².